The Labute approximate surface area is 169 Å². The van der Waals surface area contributed by atoms with Gasteiger partial charge in [0.05, 0.1) is 12.7 Å². The molecule has 1 fully saturated rings. The van der Waals surface area contributed by atoms with Gasteiger partial charge in [0.15, 0.2) is 5.96 Å². The van der Waals surface area contributed by atoms with Gasteiger partial charge in [-0.05, 0) is 18.4 Å². The van der Waals surface area contributed by atoms with Gasteiger partial charge in [-0.15, -0.1) is 24.0 Å². The van der Waals surface area contributed by atoms with Crippen molar-refractivity contribution in [3.05, 3.63) is 35.4 Å². The Morgan fingerprint density at radius 2 is 2.16 bits per heavy atom. The predicted octanol–water partition coefficient (Wildman–Crippen LogP) is 2.63. The Morgan fingerprint density at radius 1 is 1.36 bits per heavy atom. The number of guanidine groups is 1. The van der Waals surface area contributed by atoms with Crippen molar-refractivity contribution in [2.24, 2.45) is 10.9 Å². The van der Waals surface area contributed by atoms with E-state index in [4.69, 9.17) is 4.74 Å². The van der Waals surface area contributed by atoms with Gasteiger partial charge >= 0.3 is 0 Å². The van der Waals surface area contributed by atoms with Crippen LogP contribution in [-0.2, 0) is 11.3 Å². The molecule has 1 unspecified atom stereocenters. The van der Waals surface area contributed by atoms with Gasteiger partial charge in [0, 0.05) is 39.8 Å². The summed E-state index contributed by atoms with van der Waals surface area (Å²) < 4.78 is 5.88. The van der Waals surface area contributed by atoms with Gasteiger partial charge in [0.1, 0.15) is 0 Å². The number of aryl methyl sites for hydroxylation is 1. The lowest BCUT2D eigenvalue weighted by atomic mass is 10.1. The number of rotatable bonds is 6. The maximum Gasteiger partial charge on any atom is 0.191 e. The highest BCUT2D eigenvalue weighted by molar-refractivity contribution is 14.0. The second kappa shape index (κ2) is 11.7. The van der Waals surface area contributed by atoms with Gasteiger partial charge in [-0.25, -0.2) is 0 Å². The lowest BCUT2D eigenvalue weighted by Gasteiger charge is -2.34. The highest BCUT2D eigenvalue weighted by Crippen LogP contribution is 2.07. The summed E-state index contributed by atoms with van der Waals surface area (Å²) in [4.78, 5) is 6.79. The molecule has 0 amide bonds. The summed E-state index contributed by atoms with van der Waals surface area (Å²) in [6.07, 6.45) is 0.218. The molecule has 0 aliphatic carbocycles. The number of hydrogen-bond acceptors (Lipinski definition) is 3. The summed E-state index contributed by atoms with van der Waals surface area (Å²) in [6.45, 7) is 12.2. The molecule has 1 aromatic rings. The minimum absolute atomic E-state index is 0. The first-order valence-electron chi connectivity index (χ1n) is 8.91. The Balaban J connectivity index is 0.00000312. The monoisotopic (exact) mass is 460 g/mol. The number of morpholine rings is 1. The van der Waals surface area contributed by atoms with E-state index in [9.17, 15) is 0 Å². The average Bonchev–Trinajstić information content (AvgIpc) is 2.55. The molecule has 1 aliphatic heterocycles. The maximum atomic E-state index is 5.88. The first kappa shape index (κ1) is 22.2. The Bertz CT molecular complexity index is 536. The molecule has 1 aromatic carbocycles. The van der Waals surface area contributed by atoms with Crippen molar-refractivity contribution < 1.29 is 4.74 Å². The molecule has 5 nitrogen and oxygen atoms in total. The first-order valence-corrected chi connectivity index (χ1v) is 8.91. The van der Waals surface area contributed by atoms with E-state index in [1.54, 1.807) is 7.05 Å². The fourth-order valence-corrected chi connectivity index (χ4v) is 3.03. The summed E-state index contributed by atoms with van der Waals surface area (Å²) in [5.41, 5.74) is 2.54. The van der Waals surface area contributed by atoms with E-state index in [1.807, 2.05) is 0 Å². The van der Waals surface area contributed by atoms with Crippen LogP contribution in [0.25, 0.3) is 0 Å². The molecule has 2 N–H and O–H groups in total. The van der Waals surface area contributed by atoms with E-state index in [0.29, 0.717) is 5.92 Å². The van der Waals surface area contributed by atoms with Crippen LogP contribution in [0.15, 0.2) is 29.3 Å². The molecule has 142 valence electrons. The molecule has 25 heavy (non-hydrogen) atoms. The molecule has 1 atom stereocenters. The number of aliphatic imine (C=N–C) groups is 1. The van der Waals surface area contributed by atoms with Gasteiger partial charge in [-0.1, -0.05) is 43.7 Å². The molecule has 1 saturated heterocycles. The van der Waals surface area contributed by atoms with E-state index >= 15 is 0 Å². The number of halogens is 1. The second-order valence-electron chi connectivity index (χ2n) is 6.94. The lowest BCUT2D eigenvalue weighted by molar-refractivity contribution is -0.0284. The molecule has 0 saturated carbocycles. The fraction of sp³-hybridized carbons (Fsp3) is 0.632. The molecular formula is C19H33IN4O. The van der Waals surface area contributed by atoms with Crippen molar-refractivity contribution in [2.75, 3.05) is 39.8 Å². The molecule has 0 aromatic heterocycles. The summed E-state index contributed by atoms with van der Waals surface area (Å²) in [7, 11) is 1.80. The third-order valence-electron chi connectivity index (χ3n) is 4.11. The number of ether oxygens (including phenoxy) is 1. The first-order chi connectivity index (χ1) is 11.6. The average molecular weight is 460 g/mol. The predicted molar refractivity (Wildman–Crippen MR) is 116 cm³/mol. The summed E-state index contributed by atoms with van der Waals surface area (Å²) in [6, 6.07) is 8.51. The largest absolute Gasteiger partial charge is 0.374 e. The van der Waals surface area contributed by atoms with E-state index in [1.165, 1.54) is 11.1 Å². The summed E-state index contributed by atoms with van der Waals surface area (Å²) in [5.74, 6) is 1.52. The zero-order chi connectivity index (χ0) is 17.4. The molecular weight excluding hydrogens is 427 g/mol. The number of benzene rings is 1. The molecule has 2 rings (SSSR count). The van der Waals surface area contributed by atoms with E-state index in [2.05, 4.69) is 65.6 Å². The standard InChI is InChI=1S/C19H32N4O.HI/c1-15(2)13-23-8-9-24-18(14-23)12-22-19(20-4)21-11-17-7-5-6-16(3)10-17;/h5-7,10,15,18H,8-9,11-14H2,1-4H3,(H2,20,21,22);1H. The van der Waals surface area contributed by atoms with Crippen LogP contribution < -0.4 is 10.6 Å². The number of hydrogen-bond donors (Lipinski definition) is 2. The van der Waals surface area contributed by atoms with Crippen LogP contribution in [0.4, 0.5) is 0 Å². The highest BCUT2D eigenvalue weighted by atomic mass is 127. The molecule has 1 heterocycles. The fourth-order valence-electron chi connectivity index (χ4n) is 3.03. The quantitative estimate of drug-likeness (QED) is 0.390. The van der Waals surface area contributed by atoms with Crippen LogP contribution >= 0.6 is 24.0 Å². The van der Waals surface area contributed by atoms with Crippen molar-refractivity contribution >= 4 is 29.9 Å². The van der Waals surface area contributed by atoms with Crippen molar-refractivity contribution in [1.82, 2.24) is 15.5 Å². The molecule has 0 bridgehead atoms. The number of nitrogens with zero attached hydrogens (tertiary/aromatic N) is 2. The molecule has 1 aliphatic rings. The highest BCUT2D eigenvalue weighted by Gasteiger charge is 2.20. The summed E-state index contributed by atoms with van der Waals surface area (Å²) >= 11 is 0. The minimum Gasteiger partial charge on any atom is -0.374 e. The van der Waals surface area contributed by atoms with Gasteiger partial charge < -0.3 is 15.4 Å². The molecule has 0 radical (unpaired) electrons. The van der Waals surface area contributed by atoms with Crippen LogP contribution in [0.2, 0.25) is 0 Å². The van der Waals surface area contributed by atoms with E-state index < -0.39 is 0 Å². The van der Waals surface area contributed by atoms with E-state index in [-0.39, 0.29) is 30.1 Å². The zero-order valence-corrected chi connectivity index (χ0v) is 18.2. The van der Waals surface area contributed by atoms with Crippen LogP contribution in [0.3, 0.4) is 0 Å². The van der Waals surface area contributed by atoms with Crippen molar-refractivity contribution in [2.45, 2.75) is 33.4 Å². The van der Waals surface area contributed by atoms with Crippen molar-refractivity contribution in [3.8, 4) is 0 Å². The summed E-state index contributed by atoms with van der Waals surface area (Å²) in [5, 5.41) is 6.75. The smallest absolute Gasteiger partial charge is 0.191 e. The maximum absolute atomic E-state index is 5.88. The zero-order valence-electron chi connectivity index (χ0n) is 15.9. The van der Waals surface area contributed by atoms with Gasteiger partial charge in [0.25, 0.3) is 0 Å². The Hall–Kier alpha value is -0.860. The van der Waals surface area contributed by atoms with Gasteiger partial charge in [-0.3, -0.25) is 9.89 Å². The van der Waals surface area contributed by atoms with Crippen molar-refractivity contribution in [1.29, 1.82) is 0 Å². The third-order valence-corrected chi connectivity index (χ3v) is 4.11. The van der Waals surface area contributed by atoms with Crippen LogP contribution in [0.1, 0.15) is 25.0 Å². The van der Waals surface area contributed by atoms with Crippen LogP contribution in [0, 0.1) is 12.8 Å². The van der Waals surface area contributed by atoms with Crippen LogP contribution in [-0.4, -0.2) is 56.8 Å². The van der Waals surface area contributed by atoms with Gasteiger partial charge in [-0.2, -0.15) is 0 Å². The lowest BCUT2D eigenvalue weighted by Crippen LogP contribution is -2.50. The van der Waals surface area contributed by atoms with E-state index in [0.717, 1.165) is 45.3 Å². The minimum atomic E-state index is 0. The second-order valence-corrected chi connectivity index (χ2v) is 6.94. The SMILES string of the molecule is CN=C(NCc1cccc(C)c1)NCC1CN(CC(C)C)CCO1.I. The third kappa shape index (κ3) is 8.37. The van der Waals surface area contributed by atoms with Crippen molar-refractivity contribution in [3.63, 3.8) is 0 Å². The Morgan fingerprint density at radius 3 is 2.84 bits per heavy atom. The topological polar surface area (TPSA) is 48.9 Å². The number of nitrogens with one attached hydrogen (secondary N) is 2. The molecule has 0 spiro atoms. The Kier molecular flexibility index (Phi) is 10.4. The van der Waals surface area contributed by atoms with Gasteiger partial charge in [0.2, 0.25) is 0 Å². The molecule has 6 heteroatoms. The normalized spacial score (nSPS) is 18.8. The van der Waals surface area contributed by atoms with Crippen LogP contribution in [0.5, 0.6) is 0 Å².